The van der Waals surface area contributed by atoms with Crippen LogP contribution >= 0.6 is 11.6 Å². The number of hydrogen-bond acceptors (Lipinski definition) is 4. The molecule has 1 heterocycles. The molecule has 1 aromatic heterocycles. The molecule has 4 nitrogen and oxygen atoms in total. The smallest absolute Gasteiger partial charge is 0.225 e. The lowest BCUT2D eigenvalue weighted by atomic mass is 10.1. The number of rotatable bonds is 5. The molecule has 0 unspecified atom stereocenters. The molecular formula is C19H19ClN4. The van der Waals surface area contributed by atoms with Gasteiger partial charge in [0.25, 0.3) is 0 Å². The van der Waals surface area contributed by atoms with Gasteiger partial charge in [0.15, 0.2) is 0 Å². The molecule has 0 spiro atoms. The first-order chi connectivity index (χ1) is 11.6. The van der Waals surface area contributed by atoms with Crippen LogP contribution < -0.4 is 10.6 Å². The number of aryl methyl sites for hydroxylation is 2. The third-order valence-corrected chi connectivity index (χ3v) is 3.79. The van der Waals surface area contributed by atoms with Gasteiger partial charge in [-0.05, 0) is 43.7 Å². The van der Waals surface area contributed by atoms with Crippen molar-refractivity contribution in [3.05, 3.63) is 76.4 Å². The average molecular weight is 339 g/mol. The third-order valence-electron chi connectivity index (χ3n) is 3.54. The molecule has 3 aromatic rings. The third kappa shape index (κ3) is 4.46. The van der Waals surface area contributed by atoms with Crippen LogP contribution in [0.25, 0.3) is 0 Å². The Kier molecular flexibility index (Phi) is 4.96. The van der Waals surface area contributed by atoms with Crippen molar-refractivity contribution in [3.8, 4) is 0 Å². The highest BCUT2D eigenvalue weighted by atomic mass is 35.5. The van der Waals surface area contributed by atoms with Crippen LogP contribution in [0.3, 0.4) is 0 Å². The molecular weight excluding hydrogens is 320 g/mol. The lowest BCUT2D eigenvalue weighted by Crippen LogP contribution is -2.06. The second-order valence-electron chi connectivity index (χ2n) is 5.69. The number of benzene rings is 2. The van der Waals surface area contributed by atoms with E-state index in [4.69, 9.17) is 11.6 Å². The number of halogens is 1. The van der Waals surface area contributed by atoms with Crippen LogP contribution in [-0.4, -0.2) is 9.97 Å². The molecule has 24 heavy (non-hydrogen) atoms. The molecule has 3 rings (SSSR count). The van der Waals surface area contributed by atoms with E-state index in [1.807, 2.05) is 37.3 Å². The summed E-state index contributed by atoms with van der Waals surface area (Å²) in [7, 11) is 0. The molecule has 5 heteroatoms. The molecule has 0 aliphatic rings. The number of nitrogens with zero attached hydrogens (tertiary/aromatic N) is 2. The van der Waals surface area contributed by atoms with Crippen LogP contribution in [0.15, 0.2) is 54.6 Å². The van der Waals surface area contributed by atoms with E-state index in [1.54, 1.807) is 0 Å². The topological polar surface area (TPSA) is 49.8 Å². The Balaban J connectivity index is 1.71. The van der Waals surface area contributed by atoms with E-state index in [1.165, 1.54) is 11.1 Å². The van der Waals surface area contributed by atoms with Gasteiger partial charge in [-0.1, -0.05) is 41.4 Å². The van der Waals surface area contributed by atoms with Gasteiger partial charge in [0.1, 0.15) is 5.82 Å². The van der Waals surface area contributed by atoms with Gasteiger partial charge < -0.3 is 10.6 Å². The van der Waals surface area contributed by atoms with Gasteiger partial charge in [-0.2, -0.15) is 4.98 Å². The number of aromatic nitrogens is 2. The highest BCUT2D eigenvalue weighted by Crippen LogP contribution is 2.19. The fourth-order valence-electron chi connectivity index (χ4n) is 2.28. The van der Waals surface area contributed by atoms with E-state index in [0.29, 0.717) is 17.5 Å². The van der Waals surface area contributed by atoms with Gasteiger partial charge >= 0.3 is 0 Å². The number of anilines is 3. The highest BCUT2D eigenvalue weighted by Gasteiger charge is 2.03. The Morgan fingerprint density at radius 1 is 0.917 bits per heavy atom. The summed E-state index contributed by atoms with van der Waals surface area (Å²) < 4.78 is 0. The molecule has 2 aromatic carbocycles. The summed E-state index contributed by atoms with van der Waals surface area (Å²) in [4.78, 5) is 8.96. The Hall–Kier alpha value is -2.59. The maximum absolute atomic E-state index is 5.91. The molecule has 0 saturated heterocycles. The standard InChI is InChI=1S/C19H19ClN4/c1-13-3-5-15(6-4-13)12-21-19-22-14(2)11-18(24-19)23-17-9-7-16(20)8-10-17/h3-11H,12H2,1-2H3,(H2,21,22,23,24). The molecule has 0 bridgehead atoms. The van der Waals surface area contributed by atoms with Crippen LogP contribution in [0.1, 0.15) is 16.8 Å². The second kappa shape index (κ2) is 7.32. The summed E-state index contributed by atoms with van der Waals surface area (Å²) in [6.45, 7) is 4.71. The van der Waals surface area contributed by atoms with Crippen molar-refractivity contribution in [1.29, 1.82) is 0 Å². The zero-order valence-corrected chi connectivity index (χ0v) is 14.4. The van der Waals surface area contributed by atoms with E-state index >= 15 is 0 Å². The normalized spacial score (nSPS) is 10.5. The summed E-state index contributed by atoms with van der Waals surface area (Å²) >= 11 is 5.91. The minimum Gasteiger partial charge on any atom is -0.350 e. The van der Waals surface area contributed by atoms with Crippen LogP contribution in [0.5, 0.6) is 0 Å². The van der Waals surface area contributed by atoms with E-state index in [0.717, 1.165) is 17.2 Å². The molecule has 2 N–H and O–H groups in total. The van der Waals surface area contributed by atoms with Crippen molar-refractivity contribution in [3.63, 3.8) is 0 Å². The van der Waals surface area contributed by atoms with Crippen molar-refractivity contribution in [2.24, 2.45) is 0 Å². The molecule has 0 aliphatic carbocycles. The average Bonchev–Trinajstić information content (AvgIpc) is 2.56. The first kappa shape index (κ1) is 16.3. The number of nitrogens with one attached hydrogen (secondary N) is 2. The Morgan fingerprint density at radius 2 is 1.62 bits per heavy atom. The SMILES string of the molecule is Cc1ccc(CNc2nc(C)cc(Nc3ccc(Cl)cc3)n2)cc1. The van der Waals surface area contributed by atoms with E-state index in [9.17, 15) is 0 Å². The summed E-state index contributed by atoms with van der Waals surface area (Å²) in [6, 6.07) is 17.8. The molecule has 0 atom stereocenters. The first-order valence-electron chi connectivity index (χ1n) is 7.76. The van der Waals surface area contributed by atoms with Gasteiger partial charge in [-0.15, -0.1) is 0 Å². The Bertz CT molecular complexity index is 814. The first-order valence-corrected chi connectivity index (χ1v) is 8.14. The molecule has 122 valence electrons. The van der Waals surface area contributed by atoms with Gasteiger partial charge in [-0.25, -0.2) is 4.98 Å². The highest BCUT2D eigenvalue weighted by molar-refractivity contribution is 6.30. The monoisotopic (exact) mass is 338 g/mol. The van der Waals surface area contributed by atoms with Crippen molar-refractivity contribution < 1.29 is 0 Å². The van der Waals surface area contributed by atoms with Crippen LogP contribution in [0, 0.1) is 13.8 Å². The maximum atomic E-state index is 5.91. The minimum absolute atomic E-state index is 0.604. The summed E-state index contributed by atoms with van der Waals surface area (Å²) in [5, 5.41) is 7.25. The van der Waals surface area contributed by atoms with Crippen LogP contribution in [-0.2, 0) is 6.54 Å². The van der Waals surface area contributed by atoms with E-state index in [-0.39, 0.29) is 0 Å². The quantitative estimate of drug-likeness (QED) is 0.679. The van der Waals surface area contributed by atoms with Gasteiger partial charge in [0.05, 0.1) is 0 Å². The second-order valence-corrected chi connectivity index (χ2v) is 6.13. The van der Waals surface area contributed by atoms with Crippen molar-refractivity contribution >= 4 is 29.1 Å². The fourth-order valence-corrected chi connectivity index (χ4v) is 2.41. The molecule has 0 amide bonds. The predicted molar refractivity (Wildman–Crippen MR) is 100 cm³/mol. The maximum Gasteiger partial charge on any atom is 0.225 e. The molecule has 0 saturated carbocycles. The lowest BCUT2D eigenvalue weighted by Gasteiger charge is -2.10. The lowest BCUT2D eigenvalue weighted by molar-refractivity contribution is 1.03. The van der Waals surface area contributed by atoms with Crippen molar-refractivity contribution in [2.75, 3.05) is 10.6 Å². The molecule has 0 aliphatic heterocycles. The zero-order chi connectivity index (χ0) is 16.9. The van der Waals surface area contributed by atoms with Crippen LogP contribution in [0.2, 0.25) is 5.02 Å². The van der Waals surface area contributed by atoms with Gasteiger partial charge in [0.2, 0.25) is 5.95 Å². The van der Waals surface area contributed by atoms with E-state index in [2.05, 4.69) is 51.8 Å². The van der Waals surface area contributed by atoms with Crippen molar-refractivity contribution in [2.45, 2.75) is 20.4 Å². The largest absolute Gasteiger partial charge is 0.350 e. The van der Waals surface area contributed by atoms with Gasteiger partial charge in [0, 0.05) is 29.0 Å². The van der Waals surface area contributed by atoms with E-state index < -0.39 is 0 Å². The fraction of sp³-hybridized carbons (Fsp3) is 0.158. The Labute approximate surface area is 146 Å². The summed E-state index contributed by atoms with van der Waals surface area (Å²) in [5.74, 6) is 1.35. The number of hydrogen-bond donors (Lipinski definition) is 2. The zero-order valence-electron chi connectivity index (χ0n) is 13.7. The Morgan fingerprint density at radius 3 is 2.33 bits per heavy atom. The predicted octanol–water partition coefficient (Wildman–Crippen LogP) is 5.10. The minimum atomic E-state index is 0.604. The summed E-state index contributed by atoms with van der Waals surface area (Å²) in [5.41, 5.74) is 4.27. The van der Waals surface area contributed by atoms with Crippen molar-refractivity contribution in [1.82, 2.24) is 9.97 Å². The van der Waals surface area contributed by atoms with Crippen LogP contribution in [0.4, 0.5) is 17.5 Å². The molecule has 0 radical (unpaired) electrons. The summed E-state index contributed by atoms with van der Waals surface area (Å²) in [6.07, 6.45) is 0. The van der Waals surface area contributed by atoms with Gasteiger partial charge in [-0.3, -0.25) is 0 Å². The molecule has 0 fully saturated rings.